The van der Waals surface area contributed by atoms with Crippen molar-refractivity contribution in [2.75, 3.05) is 13.7 Å². The number of methoxy groups -OCH3 is 1. The molecule has 0 bridgehead atoms. The second-order valence-electron chi connectivity index (χ2n) is 3.63. The van der Waals surface area contributed by atoms with Gasteiger partial charge in [-0.1, -0.05) is 6.07 Å². The minimum Gasteiger partial charge on any atom is -0.385 e. The standard InChI is InChI=1S/C11H16N4O/c1-16-7-3-6-11-14-13-10-5-2-4-9(8-12)15(10)11/h2,4-5H,3,6-8,12H2,1H3. The molecule has 2 heterocycles. The first-order valence-electron chi connectivity index (χ1n) is 5.37. The topological polar surface area (TPSA) is 65.4 Å². The van der Waals surface area contributed by atoms with Gasteiger partial charge in [0.05, 0.1) is 0 Å². The maximum absolute atomic E-state index is 5.70. The summed E-state index contributed by atoms with van der Waals surface area (Å²) in [5, 5.41) is 8.30. The first kappa shape index (κ1) is 11.0. The molecular formula is C11H16N4O. The Balaban J connectivity index is 2.30. The molecule has 0 spiro atoms. The average Bonchev–Trinajstić information content (AvgIpc) is 2.73. The number of ether oxygens (including phenoxy) is 1. The van der Waals surface area contributed by atoms with E-state index >= 15 is 0 Å². The lowest BCUT2D eigenvalue weighted by molar-refractivity contribution is 0.194. The number of rotatable bonds is 5. The third-order valence-corrected chi connectivity index (χ3v) is 2.53. The first-order valence-corrected chi connectivity index (χ1v) is 5.37. The Hall–Kier alpha value is -1.46. The molecule has 0 aromatic carbocycles. The van der Waals surface area contributed by atoms with Crippen molar-refractivity contribution in [3.63, 3.8) is 0 Å². The normalized spacial score (nSPS) is 11.1. The van der Waals surface area contributed by atoms with Crippen LogP contribution in [-0.2, 0) is 17.7 Å². The van der Waals surface area contributed by atoms with E-state index in [2.05, 4.69) is 10.2 Å². The van der Waals surface area contributed by atoms with E-state index in [0.29, 0.717) is 6.54 Å². The fourth-order valence-electron chi connectivity index (χ4n) is 1.77. The molecular weight excluding hydrogens is 204 g/mol. The van der Waals surface area contributed by atoms with Gasteiger partial charge in [0.25, 0.3) is 0 Å². The van der Waals surface area contributed by atoms with E-state index in [-0.39, 0.29) is 0 Å². The van der Waals surface area contributed by atoms with E-state index in [0.717, 1.165) is 36.6 Å². The van der Waals surface area contributed by atoms with E-state index < -0.39 is 0 Å². The minimum absolute atomic E-state index is 0.493. The van der Waals surface area contributed by atoms with Gasteiger partial charge in [0, 0.05) is 32.4 Å². The molecule has 0 amide bonds. The molecule has 16 heavy (non-hydrogen) atoms. The predicted octanol–water partition coefficient (Wildman–Crippen LogP) is 0.767. The molecule has 0 aliphatic carbocycles. The maximum atomic E-state index is 5.70. The van der Waals surface area contributed by atoms with Gasteiger partial charge in [-0.15, -0.1) is 10.2 Å². The Kier molecular flexibility index (Phi) is 3.48. The van der Waals surface area contributed by atoms with Crippen molar-refractivity contribution in [3.05, 3.63) is 29.7 Å². The van der Waals surface area contributed by atoms with Crippen molar-refractivity contribution < 1.29 is 4.74 Å². The maximum Gasteiger partial charge on any atom is 0.161 e. The Morgan fingerprint density at radius 3 is 3.00 bits per heavy atom. The summed E-state index contributed by atoms with van der Waals surface area (Å²) in [6.07, 6.45) is 1.79. The summed E-state index contributed by atoms with van der Waals surface area (Å²) >= 11 is 0. The van der Waals surface area contributed by atoms with Crippen molar-refractivity contribution in [2.45, 2.75) is 19.4 Å². The van der Waals surface area contributed by atoms with Gasteiger partial charge in [-0.25, -0.2) is 0 Å². The highest BCUT2D eigenvalue weighted by molar-refractivity contribution is 5.39. The molecule has 0 atom stereocenters. The molecule has 5 heteroatoms. The Morgan fingerprint density at radius 2 is 2.25 bits per heavy atom. The van der Waals surface area contributed by atoms with Crippen LogP contribution in [0.1, 0.15) is 17.9 Å². The van der Waals surface area contributed by atoms with Gasteiger partial charge in [-0.3, -0.25) is 4.40 Å². The average molecular weight is 220 g/mol. The molecule has 2 aromatic rings. The molecule has 5 nitrogen and oxygen atoms in total. The van der Waals surface area contributed by atoms with Crippen LogP contribution >= 0.6 is 0 Å². The van der Waals surface area contributed by atoms with Crippen molar-refractivity contribution in [2.24, 2.45) is 5.73 Å². The number of aryl methyl sites for hydroxylation is 1. The lowest BCUT2D eigenvalue weighted by Crippen LogP contribution is -2.07. The van der Waals surface area contributed by atoms with Gasteiger partial charge in [-0.05, 0) is 18.6 Å². The highest BCUT2D eigenvalue weighted by atomic mass is 16.5. The van der Waals surface area contributed by atoms with E-state index in [1.165, 1.54) is 0 Å². The van der Waals surface area contributed by atoms with E-state index in [1.807, 2.05) is 22.6 Å². The smallest absolute Gasteiger partial charge is 0.161 e. The van der Waals surface area contributed by atoms with Gasteiger partial charge in [0.15, 0.2) is 5.65 Å². The zero-order valence-electron chi connectivity index (χ0n) is 9.39. The van der Waals surface area contributed by atoms with E-state index in [4.69, 9.17) is 10.5 Å². The fourth-order valence-corrected chi connectivity index (χ4v) is 1.77. The van der Waals surface area contributed by atoms with Crippen LogP contribution < -0.4 is 5.73 Å². The zero-order chi connectivity index (χ0) is 11.4. The number of pyridine rings is 1. The molecule has 0 saturated heterocycles. The molecule has 0 radical (unpaired) electrons. The molecule has 0 fully saturated rings. The second-order valence-corrected chi connectivity index (χ2v) is 3.63. The Labute approximate surface area is 94.2 Å². The summed E-state index contributed by atoms with van der Waals surface area (Å²) in [5.41, 5.74) is 7.59. The molecule has 0 unspecified atom stereocenters. The van der Waals surface area contributed by atoms with Gasteiger partial charge in [0.1, 0.15) is 5.82 Å². The molecule has 2 N–H and O–H groups in total. The van der Waals surface area contributed by atoms with Crippen molar-refractivity contribution in [1.82, 2.24) is 14.6 Å². The molecule has 0 aliphatic rings. The third-order valence-electron chi connectivity index (χ3n) is 2.53. The summed E-state index contributed by atoms with van der Waals surface area (Å²) in [6.45, 7) is 1.23. The molecule has 0 saturated carbocycles. The van der Waals surface area contributed by atoms with Crippen molar-refractivity contribution in [1.29, 1.82) is 0 Å². The highest BCUT2D eigenvalue weighted by Crippen LogP contribution is 2.09. The number of hydrogen-bond acceptors (Lipinski definition) is 4. The van der Waals surface area contributed by atoms with Crippen LogP contribution in [0.5, 0.6) is 0 Å². The minimum atomic E-state index is 0.493. The molecule has 0 aliphatic heterocycles. The number of nitrogens with two attached hydrogens (primary N) is 1. The summed E-state index contributed by atoms with van der Waals surface area (Å²) in [6, 6.07) is 5.88. The SMILES string of the molecule is COCCCc1nnc2cccc(CN)n12. The summed E-state index contributed by atoms with van der Waals surface area (Å²) < 4.78 is 7.05. The van der Waals surface area contributed by atoms with Crippen LogP contribution in [0.4, 0.5) is 0 Å². The Bertz CT molecular complexity index is 466. The lowest BCUT2D eigenvalue weighted by Gasteiger charge is -2.04. The number of fused-ring (bicyclic) bond motifs is 1. The molecule has 2 rings (SSSR count). The van der Waals surface area contributed by atoms with E-state index in [9.17, 15) is 0 Å². The predicted molar refractivity (Wildman–Crippen MR) is 61.1 cm³/mol. The van der Waals surface area contributed by atoms with Crippen LogP contribution in [0.15, 0.2) is 18.2 Å². The summed E-state index contributed by atoms with van der Waals surface area (Å²) in [4.78, 5) is 0. The lowest BCUT2D eigenvalue weighted by atomic mass is 10.3. The first-order chi connectivity index (χ1) is 7.86. The highest BCUT2D eigenvalue weighted by Gasteiger charge is 2.07. The van der Waals surface area contributed by atoms with Crippen molar-refractivity contribution >= 4 is 5.65 Å². The van der Waals surface area contributed by atoms with Crippen LogP contribution in [0.3, 0.4) is 0 Å². The summed E-state index contributed by atoms with van der Waals surface area (Å²) in [7, 11) is 1.70. The van der Waals surface area contributed by atoms with Gasteiger partial charge in [0.2, 0.25) is 0 Å². The fraction of sp³-hybridized carbons (Fsp3) is 0.455. The summed E-state index contributed by atoms with van der Waals surface area (Å²) in [5.74, 6) is 0.952. The molecule has 86 valence electrons. The van der Waals surface area contributed by atoms with Crippen LogP contribution in [0, 0.1) is 0 Å². The third kappa shape index (κ3) is 2.05. The monoisotopic (exact) mass is 220 g/mol. The van der Waals surface area contributed by atoms with Crippen LogP contribution in [0.25, 0.3) is 5.65 Å². The van der Waals surface area contributed by atoms with Gasteiger partial charge >= 0.3 is 0 Å². The van der Waals surface area contributed by atoms with Crippen LogP contribution in [0.2, 0.25) is 0 Å². The Morgan fingerprint density at radius 1 is 1.38 bits per heavy atom. The zero-order valence-corrected chi connectivity index (χ0v) is 9.39. The number of nitrogens with zero attached hydrogens (tertiary/aromatic N) is 3. The molecule has 2 aromatic heterocycles. The number of aromatic nitrogens is 3. The largest absolute Gasteiger partial charge is 0.385 e. The quantitative estimate of drug-likeness (QED) is 0.756. The van der Waals surface area contributed by atoms with Crippen LogP contribution in [-0.4, -0.2) is 28.3 Å². The van der Waals surface area contributed by atoms with Gasteiger partial charge < -0.3 is 10.5 Å². The van der Waals surface area contributed by atoms with E-state index in [1.54, 1.807) is 7.11 Å². The van der Waals surface area contributed by atoms with Gasteiger partial charge in [-0.2, -0.15) is 0 Å². The second kappa shape index (κ2) is 5.05. The number of hydrogen-bond donors (Lipinski definition) is 1. The van der Waals surface area contributed by atoms with Crippen molar-refractivity contribution in [3.8, 4) is 0 Å².